The molecule has 1 unspecified atom stereocenters. The van der Waals surface area contributed by atoms with Crippen molar-refractivity contribution in [2.24, 2.45) is 0 Å². The third kappa shape index (κ3) is 2.02. The number of methoxy groups -OCH3 is 1. The van der Waals surface area contributed by atoms with E-state index in [-0.39, 0.29) is 0 Å². The lowest BCUT2D eigenvalue weighted by Crippen LogP contribution is -1.96. The van der Waals surface area contributed by atoms with Crippen molar-refractivity contribution in [3.8, 4) is 0 Å². The first-order valence-electron chi connectivity index (χ1n) is 6.11. The van der Waals surface area contributed by atoms with Gasteiger partial charge in [-0.05, 0) is 24.0 Å². The minimum absolute atomic E-state index is 0.464. The molecule has 1 heterocycles. The molecule has 4 heteroatoms. The molecule has 0 saturated carbocycles. The van der Waals surface area contributed by atoms with Gasteiger partial charge >= 0.3 is 0 Å². The summed E-state index contributed by atoms with van der Waals surface area (Å²) in [6, 6.07) is 8.63. The second kappa shape index (κ2) is 4.71. The summed E-state index contributed by atoms with van der Waals surface area (Å²) in [5.41, 5.74) is 9.57. The molecule has 0 amide bonds. The van der Waals surface area contributed by atoms with Crippen molar-refractivity contribution in [2.75, 3.05) is 12.8 Å². The van der Waals surface area contributed by atoms with Crippen molar-refractivity contribution in [1.29, 1.82) is 0 Å². The molecule has 0 spiro atoms. The molecule has 1 aliphatic carbocycles. The van der Waals surface area contributed by atoms with Gasteiger partial charge in [0.2, 0.25) is 0 Å². The molecule has 1 aromatic carbocycles. The smallest absolute Gasteiger partial charge is 0.180 e. The van der Waals surface area contributed by atoms with E-state index in [9.17, 15) is 0 Å². The van der Waals surface area contributed by atoms with Gasteiger partial charge in [0.1, 0.15) is 0 Å². The zero-order valence-electron chi connectivity index (χ0n) is 10.3. The first-order chi connectivity index (χ1) is 8.78. The fourth-order valence-electron chi connectivity index (χ4n) is 2.63. The number of ether oxygens (including phenoxy) is 1. The maximum atomic E-state index is 5.79. The van der Waals surface area contributed by atoms with Crippen LogP contribution in [0.25, 0.3) is 0 Å². The van der Waals surface area contributed by atoms with E-state index < -0.39 is 0 Å². The quantitative estimate of drug-likeness (QED) is 0.923. The Bertz CT molecular complexity index is 565. The largest absolute Gasteiger partial charge is 0.380 e. The van der Waals surface area contributed by atoms with E-state index in [1.165, 1.54) is 21.7 Å². The molecule has 2 aromatic rings. The molecule has 0 radical (unpaired) electrons. The molecule has 2 N–H and O–H groups in total. The SMILES string of the molecule is COCc1cccc(C2CCc3nc(N)sc32)c1. The van der Waals surface area contributed by atoms with Gasteiger partial charge in [-0.25, -0.2) is 4.98 Å². The van der Waals surface area contributed by atoms with Gasteiger partial charge in [-0.1, -0.05) is 24.3 Å². The van der Waals surface area contributed by atoms with Crippen LogP contribution in [0.2, 0.25) is 0 Å². The molecule has 0 fully saturated rings. The Morgan fingerprint density at radius 3 is 3.22 bits per heavy atom. The number of aryl methyl sites for hydroxylation is 1. The number of hydrogen-bond acceptors (Lipinski definition) is 4. The molecule has 3 rings (SSSR count). The highest BCUT2D eigenvalue weighted by atomic mass is 32.1. The molecule has 0 bridgehead atoms. The Labute approximate surface area is 111 Å². The van der Waals surface area contributed by atoms with Crippen molar-refractivity contribution >= 4 is 16.5 Å². The highest BCUT2D eigenvalue weighted by Crippen LogP contribution is 2.42. The minimum atomic E-state index is 0.464. The number of rotatable bonds is 3. The van der Waals surface area contributed by atoms with E-state index in [2.05, 4.69) is 29.2 Å². The van der Waals surface area contributed by atoms with Crippen LogP contribution in [0.5, 0.6) is 0 Å². The van der Waals surface area contributed by atoms with Gasteiger partial charge < -0.3 is 10.5 Å². The number of aromatic nitrogens is 1. The average Bonchev–Trinajstić information content (AvgIpc) is 2.88. The maximum Gasteiger partial charge on any atom is 0.180 e. The number of fused-ring (bicyclic) bond motifs is 1. The number of hydrogen-bond donors (Lipinski definition) is 1. The molecule has 94 valence electrons. The highest BCUT2D eigenvalue weighted by molar-refractivity contribution is 7.15. The topological polar surface area (TPSA) is 48.1 Å². The predicted octanol–water partition coefficient (Wildman–Crippen LogP) is 2.95. The highest BCUT2D eigenvalue weighted by Gasteiger charge is 2.27. The number of nitrogen functional groups attached to an aromatic ring is 1. The average molecular weight is 260 g/mol. The molecule has 1 atom stereocenters. The van der Waals surface area contributed by atoms with Crippen LogP contribution in [0.3, 0.4) is 0 Å². The van der Waals surface area contributed by atoms with Crippen molar-refractivity contribution in [2.45, 2.75) is 25.4 Å². The standard InChI is InChI=1S/C14H16N2OS/c1-17-8-9-3-2-4-10(7-9)11-5-6-12-13(11)18-14(15)16-12/h2-4,7,11H,5-6,8H2,1H3,(H2,15,16). The van der Waals surface area contributed by atoms with Gasteiger partial charge in [0.25, 0.3) is 0 Å². The van der Waals surface area contributed by atoms with E-state index in [0.29, 0.717) is 17.7 Å². The zero-order valence-corrected chi connectivity index (χ0v) is 11.2. The Balaban J connectivity index is 1.94. The number of nitrogens with zero attached hydrogens (tertiary/aromatic N) is 1. The summed E-state index contributed by atoms with van der Waals surface area (Å²) in [6.07, 6.45) is 2.19. The Morgan fingerprint density at radius 2 is 2.39 bits per heavy atom. The molecule has 0 aliphatic heterocycles. The molecular weight excluding hydrogens is 244 g/mol. The number of thiazole rings is 1. The molecule has 3 nitrogen and oxygen atoms in total. The normalized spacial score (nSPS) is 17.9. The van der Waals surface area contributed by atoms with Crippen LogP contribution < -0.4 is 5.73 Å². The molecule has 1 aliphatic rings. The summed E-state index contributed by atoms with van der Waals surface area (Å²) in [4.78, 5) is 5.75. The minimum Gasteiger partial charge on any atom is -0.380 e. The Kier molecular flexibility index (Phi) is 3.06. The summed E-state index contributed by atoms with van der Waals surface area (Å²) in [5, 5.41) is 0.692. The van der Waals surface area contributed by atoms with E-state index in [4.69, 9.17) is 10.5 Å². The summed E-state index contributed by atoms with van der Waals surface area (Å²) < 4.78 is 5.19. The lowest BCUT2D eigenvalue weighted by Gasteiger charge is -2.11. The lowest BCUT2D eigenvalue weighted by molar-refractivity contribution is 0.185. The molecular formula is C14H16N2OS. The van der Waals surface area contributed by atoms with E-state index in [1.807, 2.05) is 0 Å². The summed E-state index contributed by atoms with van der Waals surface area (Å²) >= 11 is 1.63. The van der Waals surface area contributed by atoms with Crippen LogP contribution in [-0.2, 0) is 17.8 Å². The third-order valence-electron chi connectivity index (χ3n) is 3.39. The fraction of sp³-hybridized carbons (Fsp3) is 0.357. The summed E-state index contributed by atoms with van der Waals surface area (Å²) in [6.45, 7) is 0.665. The molecule has 0 saturated heterocycles. The summed E-state index contributed by atoms with van der Waals surface area (Å²) in [5.74, 6) is 0.464. The van der Waals surface area contributed by atoms with Crippen molar-refractivity contribution in [1.82, 2.24) is 4.98 Å². The van der Waals surface area contributed by atoms with E-state index in [1.54, 1.807) is 18.4 Å². The van der Waals surface area contributed by atoms with E-state index >= 15 is 0 Å². The van der Waals surface area contributed by atoms with Crippen LogP contribution >= 0.6 is 11.3 Å². The van der Waals surface area contributed by atoms with Crippen molar-refractivity contribution in [3.63, 3.8) is 0 Å². The maximum absolute atomic E-state index is 5.79. The van der Waals surface area contributed by atoms with Crippen LogP contribution in [0.4, 0.5) is 5.13 Å². The lowest BCUT2D eigenvalue weighted by atomic mass is 9.97. The van der Waals surface area contributed by atoms with Crippen molar-refractivity contribution in [3.05, 3.63) is 46.0 Å². The van der Waals surface area contributed by atoms with Crippen LogP contribution in [0.15, 0.2) is 24.3 Å². The number of nitrogens with two attached hydrogens (primary N) is 1. The van der Waals surface area contributed by atoms with Gasteiger partial charge in [-0.2, -0.15) is 0 Å². The van der Waals surface area contributed by atoms with Gasteiger partial charge in [-0.15, -0.1) is 11.3 Å². The molecule has 18 heavy (non-hydrogen) atoms. The van der Waals surface area contributed by atoms with Gasteiger partial charge in [0.05, 0.1) is 12.3 Å². The number of anilines is 1. The zero-order chi connectivity index (χ0) is 12.5. The van der Waals surface area contributed by atoms with Gasteiger partial charge in [0, 0.05) is 17.9 Å². The van der Waals surface area contributed by atoms with Gasteiger partial charge in [0.15, 0.2) is 5.13 Å². The molecule has 1 aromatic heterocycles. The Morgan fingerprint density at radius 1 is 1.50 bits per heavy atom. The summed E-state index contributed by atoms with van der Waals surface area (Å²) in [7, 11) is 1.73. The van der Waals surface area contributed by atoms with Crippen LogP contribution in [0, 0.1) is 0 Å². The predicted molar refractivity (Wildman–Crippen MR) is 73.8 cm³/mol. The second-order valence-electron chi connectivity index (χ2n) is 4.63. The Hall–Kier alpha value is -1.39. The first kappa shape index (κ1) is 11.7. The third-order valence-corrected chi connectivity index (χ3v) is 4.44. The van der Waals surface area contributed by atoms with Crippen molar-refractivity contribution < 1.29 is 4.74 Å². The second-order valence-corrected chi connectivity index (χ2v) is 5.69. The monoisotopic (exact) mass is 260 g/mol. The van der Waals surface area contributed by atoms with Crippen LogP contribution in [0.1, 0.15) is 34.0 Å². The van der Waals surface area contributed by atoms with Crippen LogP contribution in [-0.4, -0.2) is 12.1 Å². The fourth-order valence-corrected chi connectivity index (χ4v) is 3.67. The van der Waals surface area contributed by atoms with Gasteiger partial charge in [-0.3, -0.25) is 0 Å². The number of benzene rings is 1. The first-order valence-corrected chi connectivity index (χ1v) is 6.92. The van der Waals surface area contributed by atoms with E-state index in [0.717, 1.165) is 12.8 Å².